The first-order valence-corrected chi connectivity index (χ1v) is 10.4. The summed E-state index contributed by atoms with van der Waals surface area (Å²) < 4.78 is 0. The zero-order valence-corrected chi connectivity index (χ0v) is 18.3. The van der Waals surface area contributed by atoms with E-state index >= 15 is 0 Å². The minimum absolute atomic E-state index is 0.216. The number of anilines is 2. The Morgan fingerprint density at radius 1 is 1.10 bits per heavy atom. The summed E-state index contributed by atoms with van der Waals surface area (Å²) >= 11 is 6.14. The van der Waals surface area contributed by atoms with Gasteiger partial charge in [0.2, 0.25) is 5.95 Å². The average molecular weight is 435 g/mol. The van der Waals surface area contributed by atoms with Crippen LogP contribution in [0.25, 0.3) is 10.9 Å². The SMILES string of the molecule is Cc1cc(C)nc(Nc2ncc(C(=O)NCCc3c(C)[nH]c4ccc(Cl)cc34)cn2)c1. The van der Waals surface area contributed by atoms with Gasteiger partial charge in [-0.05, 0) is 68.7 Å². The second kappa shape index (κ2) is 8.73. The van der Waals surface area contributed by atoms with Crippen molar-refractivity contribution in [1.29, 1.82) is 0 Å². The molecule has 0 fully saturated rings. The number of amides is 1. The third kappa shape index (κ3) is 4.83. The number of aryl methyl sites for hydroxylation is 3. The summed E-state index contributed by atoms with van der Waals surface area (Å²) in [4.78, 5) is 28.7. The Kier molecular flexibility index (Phi) is 5.86. The second-order valence-corrected chi connectivity index (χ2v) is 7.95. The summed E-state index contributed by atoms with van der Waals surface area (Å²) in [6.07, 6.45) is 3.70. The number of hydrogen-bond acceptors (Lipinski definition) is 5. The van der Waals surface area contributed by atoms with E-state index in [1.807, 2.05) is 51.1 Å². The molecule has 0 unspecified atom stereocenters. The third-order valence-corrected chi connectivity index (χ3v) is 5.23. The minimum atomic E-state index is -0.216. The van der Waals surface area contributed by atoms with Crippen LogP contribution in [0.1, 0.15) is 32.9 Å². The van der Waals surface area contributed by atoms with Gasteiger partial charge in [0.05, 0.1) is 5.56 Å². The van der Waals surface area contributed by atoms with E-state index in [0.29, 0.717) is 35.3 Å². The van der Waals surface area contributed by atoms with Crippen molar-refractivity contribution in [3.05, 3.63) is 75.8 Å². The summed E-state index contributed by atoms with van der Waals surface area (Å²) in [5.74, 6) is 0.843. The minimum Gasteiger partial charge on any atom is -0.358 e. The molecule has 0 saturated heterocycles. The lowest BCUT2D eigenvalue weighted by molar-refractivity contribution is 0.0953. The summed E-state index contributed by atoms with van der Waals surface area (Å²) in [5.41, 5.74) is 5.67. The van der Waals surface area contributed by atoms with E-state index in [2.05, 4.69) is 30.6 Å². The fourth-order valence-corrected chi connectivity index (χ4v) is 3.78. The van der Waals surface area contributed by atoms with E-state index in [4.69, 9.17) is 11.6 Å². The van der Waals surface area contributed by atoms with Crippen molar-refractivity contribution < 1.29 is 4.79 Å². The molecule has 0 aliphatic rings. The molecule has 1 aromatic carbocycles. The average Bonchev–Trinajstić information content (AvgIpc) is 3.02. The van der Waals surface area contributed by atoms with Crippen LogP contribution in [-0.2, 0) is 6.42 Å². The fourth-order valence-electron chi connectivity index (χ4n) is 3.61. The highest BCUT2D eigenvalue weighted by molar-refractivity contribution is 6.31. The van der Waals surface area contributed by atoms with E-state index in [0.717, 1.165) is 33.4 Å². The fraction of sp³-hybridized carbons (Fsp3) is 0.217. The van der Waals surface area contributed by atoms with Gasteiger partial charge in [-0.1, -0.05) is 11.6 Å². The van der Waals surface area contributed by atoms with Crippen molar-refractivity contribution in [3.63, 3.8) is 0 Å². The summed E-state index contributed by atoms with van der Waals surface area (Å²) in [7, 11) is 0. The normalized spacial score (nSPS) is 11.0. The molecule has 8 heteroatoms. The third-order valence-electron chi connectivity index (χ3n) is 4.99. The number of aromatic nitrogens is 4. The molecular formula is C23H23ClN6O. The van der Waals surface area contributed by atoms with Gasteiger partial charge in [-0.3, -0.25) is 4.79 Å². The highest BCUT2D eigenvalue weighted by Crippen LogP contribution is 2.25. The van der Waals surface area contributed by atoms with Crippen LogP contribution in [0.3, 0.4) is 0 Å². The zero-order valence-electron chi connectivity index (χ0n) is 17.6. The van der Waals surface area contributed by atoms with E-state index in [1.165, 1.54) is 12.4 Å². The number of halogens is 1. The van der Waals surface area contributed by atoms with Crippen LogP contribution in [0.2, 0.25) is 5.02 Å². The van der Waals surface area contributed by atoms with Crippen molar-refractivity contribution in [3.8, 4) is 0 Å². The number of pyridine rings is 1. The summed E-state index contributed by atoms with van der Waals surface area (Å²) in [6, 6.07) is 9.68. The Bertz CT molecular complexity index is 1230. The molecule has 0 atom stereocenters. The standard InChI is InChI=1S/C23H23ClN6O/c1-13-8-14(2)28-21(9-13)30-23-26-11-16(12-27-23)22(31)25-7-6-18-15(3)29-20-5-4-17(24)10-19(18)20/h4-5,8-12,29H,6-7H2,1-3H3,(H,25,31)(H,26,27,28,30). The predicted octanol–water partition coefficient (Wildman–Crippen LogP) is 4.65. The molecule has 31 heavy (non-hydrogen) atoms. The van der Waals surface area contributed by atoms with Gasteiger partial charge in [0.15, 0.2) is 0 Å². The molecule has 0 aliphatic carbocycles. The summed E-state index contributed by atoms with van der Waals surface area (Å²) in [5, 5.41) is 7.77. The lowest BCUT2D eigenvalue weighted by atomic mass is 10.1. The number of benzene rings is 1. The molecular weight excluding hydrogens is 412 g/mol. The molecule has 7 nitrogen and oxygen atoms in total. The number of H-pyrrole nitrogens is 1. The lowest BCUT2D eigenvalue weighted by Gasteiger charge is -2.08. The second-order valence-electron chi connectivity index (χ2n) is 7.52. The molecule has 4 rings (SSSR count). The number of fused-ring (bicyclic) bond motifs is 1. The topological polar surface area (TPSA) is 95.6 Å². The van der Waals surface area contributed by atoms with Crippen molar-refractivity contribution in [2.24, 2.45) is 0 Å². The van der Waals surface area contributed by atoms with Gasteiger partial charge in [-0.15, -0.1) is 0 Å². The van der Waals surface area contributed by atoms with Crippen LogP contribution in [0.5, 0.6) is 0 Å². The Labute approximate surface area is 185 Å². The number of aromatic amines is 1. The molecule has 158 valence electrons. The molecule has 1 amide bonds. The van der Waals surface area contributed by atoms with E-state index in [1.54, 1.807) is 0 Å². The quantitative estimate of drug-likeness (QED) is 0.410. The van der Waals surface area contributed by atoms with Crippen LogP contribution in [0, 0.1) is 20.8 Å². The summed E-state index contributed by atoms with van der Waals surface area (Å²) in [6.45, 7) is 6.44. The smallest absolute Gasteiger partial charge is 0.254 e. The van der Waals surface area contributed by atoms with Gasteiger partial charge in [0.25, 0.3) is 5.91 Å². The van der Waals surface area contributed by atoms with Crippen molar-refractivity contribution in [2.75, 3.05) is 11.9 Å². The number of carbonyl (C=O) groups is 1. The molecule has 3 N–H and O–H groups in total. The highest BCUT2D eigenvalue weighted by Gasteiger charge is 2.11. The monoisotopic (exact) mass is 434 g/mol. The highest BCUT2D eigenvalue weighted by atomic mass is 35.5. The maximum absolute atomic E-state index is 12.5. The molecule has 0 bridgehead atoms. The van der Waals surface area contributed by atoms with Gasteiger partial charge in [0.1, 0.15) is 5.82 Å². The van der Waals surface area contributed by atoms with Gasteiger partial charge < -0.3 is 15.6 Å². The molecule has 0 radical (unpaired) electrons. The van der Waals surface area contributed by atoms with Gasteiger partial charge in [-0.2, -0.15) is 0 Å². The van der Waals surface area contributed by atoms with E-state index in [9.17, 15) is 4.79 Å². The first kappa shape index (κ1) is 20.8. The molecule has 3 aromatic heterocycles. The van der Waals surface area contributed by atoms with E-state index in [-0.39, 0.29) is 5.91 Å². The van der Waals surface area contributed by atoms with Crippen LogP contribution >= 0.6 is 11.6 Å². The molecule has 3 heterocycles. The first-order chi connectivity index (χ1) is 14.9. The maximum atomic E-state index is 12.5. The number of nitrogens with zero attached hydrogens (tertiary/aromatic N) is 3. The molecule has 0 spiro atoms. The van der Waals surface area contributed by atoms with Crippen LogP contribution in [-0.4, -0.2) is 32.4 Å². The van der Waals surface area contributed by atoms with Gasteiger partial charge in [0, 0.05) is 46.3 Å². The Hall–Kier alpha value is -3.45. The molecule has 4 aromatic rings. The molecule has 0 saturated carbocycles. The van der Waals surface area contributed by atoms with Crippen molar-refractivity contribution >= 4 is 40.2 Å². The Balaban J connectivity index is 1.37. The van der Waals surface area contributed by atoms with Crippen molar-refractivity contribution in [1.82, 2.24) is 25.3 Å². The number of nitrogens with one attached hydrogen (secondary N) is 3. The van der Waals surface area contributed by atoms with E-state index < -0.39 is 0 Å². The van der Waals surface area contributed by atoms with Crippen LogP contribution < -0.4 is 10.6 Å². The van der Waals surface area contributed by atoms with Crippen LogP contribution in [0.15, 0.2) is 42.7 Å². The number of carbonyl (C=O) groups excluding carboxylic acids is 1. The van der Waals surface area contributed by atoms with Gasteiger partial charge in [-0.25, -0.2) is 15.0 Å². The number of hydrogen-bond donors (Lipinski definition) is 3. The zero-order chi connectivity index (χ0) is 22.0. The Morgan fingerprint density at radius 3 is 2.61 bits per heavy atom. The largest absolute Gasteiger partial charge is 0.358 e. The Morgan fingerprint density at radius 2 is 1.87 bits per heavy atom. The lowest BCUT2D eigenvalue weighted by Crippen LogP contribution is -2.26. The molecule has 0 aliphatic heterocycles. The predicted molar refractivity (Wildman–Crippen MR) is 123 cm³/mol. The van der Waals surface area contributed by atoms with Gasteiger partial charge >= 0.3 is 0 Å². The van der Waals surface area contributed by atoms with Crippen molar-refractivity contribution in [2.45, 2.75) is 27.2 Å². The maximum Gasteiger partial charge on any atom is 0.254 e. The first-order valence-electron chi connectivity index (χ1n) is 9.98. The number of rotatable bonds is 6. The van der Waals surface area contributed by atoms with Crippen LogP contribution in [0.4, 0.5) is 11.8 Å².